The maximum atomic E-state index is 13.4. The van der Waals surface area contributed by atoms with Gasteiger partial charge in [0.2, 0.25) is 0 Å². The molecule has 7 rings (SSSR count). The fourth-order valence-corrected chi connectivity index (χ4v) is 7.80. The van der Waals surface area contributed by atoms with E-state index in [1.165, 1.54) is 19.1 Å². The normalized spacial score (nSPS) is 26.3. The molecule has 0 radical (unpaired) electrons. The van der Waals surface area contributed by atoms with Crippen LogP contribution in [-0.2, 0) is 37.5 Å². The van der Waals surface area contributed by atoms with E-state index in [-0.39, 0.29) is 36.8 Å². The summed E-state index contributed by atoms with van der Waals surface area (Å²) in [6.45, 7) is 0.124. The summed E-state index contributed by atoms with van der Waals surface area (Å²) in [7, 11) is 1.33. The minimum atomic E-state index is -0.429. The quantitative estimate of drug-likeness (QED) is 0.297. The number of carbonyl (C=O) groups excluding carboxylic acids is 3. The number of furan rings is 1. The van der Waals surface area contributed by atoms with E-state index in [1.54, 1.807) is 30.5 Å². The van der Waals surface area contributed by atoms with Crippen molar-refractivity contribution in [3.63, 3.8) is 0 Å². The van der Waals surface area contributed by atoms with E-state index in [1.807, 2.05) is 24.3 Å². The zero-order valence-corrected chi connectivity index (χ0v) is 22.7. The summed E-state index contributed by atoms with van der Waals surface area (Å²) in [5.41, 5.74) is 1.94. The smallest absolute Gasteiger partial charge is 0.337 e. The summed E-state index contributed by atoms with van der Waals surface area (Å²) in [5.74, 6) is 1.77. The third-order valence-corrected chi connectivity index (χ3v) is 9.04. The third kappa shape index (κ3) is 5.17. The van der Waals surface area contributed by atoms with E-state index in [2.05, 4.69) is 12.1 Å². The lowest BCUT2D eigenvalue weighted by molar-refractivity contribution is -0.176. The highest BCUT2D eigenvalue weighted by molar-refractivity contribution is 5.90. The van der Waals surface area contributed by atoms with Gasteiger partial charge in [-0.15, -0.1) is 0 Å². The number of ketones is 1. The first-order valence-electron chi connectivity index (χ1n) is 14.0. The Morgan fingerprint density at radius 3 is 2.42 bits per heavy atom. The van der Waals surface area contributed by atoms with Crippen molar-refractivity contribution < 1.29 is 33.0 Å². The van der Waals surface area contributed by atoms with Crippen LogP contribution in [0.25, 0.3) is 0 Å². The highest BCUT2D eigenvalue weighted by Crippen LogP contribution is 2.66. The highest BCUT2D eigenvalue weighted by atomic mass is 16.5. The topological polar surface area (TPSA) is 92.0 Å². The molecule has 0 aliphatic heterocycles. The molecular weight excluding hydrogens is 508 g/mol. The van der Waals surface area contributed by atoms with Crippen LogP contribution in [0.4, 0.5) is 0 Å². The Morgan fingerprint density at radius 1 is 0.950 bits per heavy atom. The van der Waals surface area contributed by atoms with Crippen molar-refractivity contribution in [2.45, 2.75) is 57.0 Å². The molecule has 1 heterocycles. The minimum absolute atomic E-state index is 0.0349. The van der Waals surface area contributed by atoms with Crippen molar-refractivity contribution in [2.75, 3.05) is 13.7 Å². The average molecular weight is 543 g/mol. The molecule has 2 unspecified atom stereocenters. The Morgan fingerprint density at radius 2 is 1.73 bits per heavy atom. The van der Waals surface area contributed by atoms with Crippen LogP contribution in [-0.4, -0.2) is 31.4 Å². The molecule has 40 heavy (non-hydrogen) atoms. The molecule has 4 bridgehead atoms. The summed E-state index contributed by atoms with van der Waals surface area (Å²) >= 11 is 0. The zero-order valence-electron chi connectivity index (χ0n) is 22.7. The molecular formula is C33H34O7. The number of Topliss-reactive ketones (excluding diaryl/α,β-unsaturated/α-hetero) is 1. The monoisotopic (exact) mass is 542 g/mol. The predicted octanol–water partition coefficient (Wildman–Crippen LogP) is 5.84. The Bertz CT molecular complexity index is 1370. The Hall–Kier alpha value is -3.87. The second-order valence-corrected chi connectivity index (χ2v) is 11.9. The minimum Gasteiger partial charge on any atom is -0.486 e. The van der Waals surface area contributed by atoms with Crippen molar-refractivity contribution in [3.05, 3.63) is 89.4 Å². The van der Waals surface area contributed by atoms with Crippen molar-refractivity contribution in [2.24, 2.45) is 17.3 Å². The number of esters is 2. The number of carbonyl (C=O) groups is 3. The van der Waals surface area contributed by atoms with Crippen LogP contribution in [0.2, 0.25) is 0 Å². The second-order valence-electron chi connectivity index (χ2n) is 11.9. The number of rotatable bonds is 10. The van der Waals surface area contributed by atoms with Crippen LogP contribution < -0.4 is 4.74 Å². The third-order valence-electron chi connectivity index (χ3n) is 9.04. The molecule has 1 aromatic heterocycles. The van der Waals surface area contributed by atoms with Gasteiger partial charge in [0.05, 0.1) is 24.4 Å². The number of hydrogen-bond donors (Lipinski definition) is 0. The summed E-state index contributed by atoms with van der Waals surface area (Å²) < 4.78 is 21.7. The molecule has 4 saturated carbocycles. The van der Waals surface area contributed by atoms with E-state index in [9.17, 15) is 14.4 Å². The summed E-state index contributed by atoms with van der Waals surface area (Å²) in [5, 5.41) is 0. The molecule has 0 amide bonds. The van der Waals surface area contributed by atoms with E-state index in [4.69, 9.17) is 18.6 Å². The number of benzene rings is 2. The van der Waals surface area contributed by atoms with Gasteiger partial charge in [-0.1, -0.05) is 24.3 Å². The Labute approximate surface area is 233 Å². The maximum absolute atomic E-state index is 13.4. The van der Waals surface area contributed by atoms with Gasteiger partial charge < -0.3 is 18.6 Å². The largest absolute Gasteiger partial charge is 0.486 e. The summed E-state index contributed by atoms with van der Waals surface area (Å²) in [4.78, 5) is 37.8. The van der Waals surface area contributed by atoms with Gasteiger partial charge in [-0.2, -0.15) is 0 Å². The molecule has 0 N–H and O–H groups in total. The SMILES string of the molecule is COC(=O)c1cccc(CC(=O)COc2ccc(C34CC5CC(CC(C(=O)OCc6ccco6)(C5)C3)C4)cc2)c1. The van der Waals surface area contributed by atoms with Crippen LogP contribution in [0.5, 0.6) is 5.75 Å². The Balaban J connectivity index is 1.09. The van der Waals surface area contributed by atoms with Gasteiger partial charge in [-0.3, -0.25) is 9.59 Å². The molecule has 2 aromatic carbocycles. The Kier molecular flexibility index (Phi) is 6.99. The molecule has 4 aliphatic rings. The fourth-order valence-electron chi connectivity index (χ4n) is 7.80. The molecule has 4 aliphatic carbocycles. The first-order chi connectivity index (χ1) is 19.4. The zero-order chi connectivity index (χ0) is 27.7. The van der Waals surface area contributed by atoms with Gasteiger partial charge in [0, 0.05) is 6.42 Å². The second kappa shape index (κ2) is 10.6. The van der Waals surface area contributed by atoms with Crippen molar-refractivity contribution in [1.29, 1.82) is 0 Å². The molecule has 0 saturated heterocycles. The van der Waals surface area contributed by atoms with Gasteiger partial charge >= 0.3 is 11.9 Å². The summed E-state index contributed by atoms with van der Waals surface area (Å²) in [6.07, 6.45) is 7.79. The molecule has 0 spiro atoms. The maximum Gasteiger partial charge on any atom is 0.337 e. The summed E-state index contributed by atoms with van der Waals surface area (Å²) in [6, 6.07) is 18.6. The standard InChI is InChI=1S/C33H34O7/c1-37-30(35)25-5-2-4-22(13-25)14-27(34)19-39-28-9-7-26(8-10-28)32-15-23-12-24(16-32)18-33(17-23,21-32)31(36)40-20-29-6-3-11-38-29/h2-11,13,23-24H,12,14-21H2,1H3. The first kappa shape index (κ1) is 26.4. The molecule has 3 aromatic rings. The molecule has 4 fully saturated rings. The van der Waals surface area contributed by atoms with Crippen molar-refractivity contribution in [1.82, 2.24) is 0 Å². The van der Waals surface area contributed by atoms with Crippen molar-refractivity contribution >= 4 is 17.7 Å². The van der Waals surface area contributed by atoms with Crippen LogP contribution in [0, 0.1) is 17.3 Å². The number of hydrogen-bond acceptors (Lipinski definition) is 7. The van der Waals surface area contributed by atoms with Gasteiger partial charge in [-0.05, 0) is 103 Å². The predicted molar refractivity (Wildman–Crippen MR) is 146 cm³/mol. The van der Waals surface area contributed by atoms with Crippen LogP contribution in [0.3, 0.4) is 0 Å². The van der Waals surface area contributed by atoms with Gasteiger partial charge in [-0.25, -0.2) is 4.79 Å². The van der Waals surface area contributed by atoms with Gasteiger partial charge in [0.15, 0.2) is 5.78 Å². The van der Waals surface area contributed by atoms with E-state index in [0.717, 1.165) is 37.7 Å². The molecule has 7 heteroatoms. The van der Waals surface area contributed by atoms with Crippen LogP contribution in [0.15, 0.2) is 71.3 Å². The van der Waals surface area contributed by atoms with Crippen LogP contribution in [0.1, 0.15) is 65.8 Å². The lowest BCUT2D eigenvalue weighted by Crippen LogP contribution is -2.57. The van der Waals surface area contributed by atoms with E-state index in [0.29, 0.717) is 28.9 Å². The first-order valence-corrected chi connectivity index (χ1v) is 14.0. The van der Waals surface area contributed by atoms with E-state index >= 15 is 0 Å². The molecule has 2 atom stereocenters. The van der Waals surface area contributed by atoms with Crippen LogP contribution >= 0.6 is 0 Å². The highest BCUT2D eigenvalue weighted by Gasteiger charge is 2.61. The van der Waals surface area contributed by atoms with Gasteiger partial charge in [0.1, 0.15) is 24.7 Å². The average Bonchev–Trinajstić information content (AvgIpc) is 3.48. The molecule has 7 nitrogen and oxygen atoms in total. The number of ether oxygens (including phenoxy) is 3. The van der Waals surface area contributed by atoms with Crippen molar-refractivity contribution in [3.8, 4) is 5.75 Å². The lowest BCUT2D eigenvalue weighted by Gasteiger charge is -2.61. The van der Waals surface area contributed by atoms with Gasteiger partial charge in [0.25, 0.3) is 0 Å². The fraction of sp³-hybridized carbons (Fsp3) is 0.424. The number of methoxy groups -OCH3 is 1. The molecule has 208 valence electrons. The van der Waals surface area contributed by atoms with E-state index < -0.39 is 11.4 Å². The lowest BCUT2D eigenvalue weighted by atomic mass is 9.43.